The highest BCUT2D eigenvalue weighted by molar-refractivity contribution is 7.99. The topological polar surface area (TPSA) is 0 Å². The fourth-order valence-corrected chi connectivity index (χ4v) is 2.41. The zero-order valence-corrected chi connectivity index (χ0v) is 10.2. The lowest BCUT2D eigenvalue weighted by atomic mass is 10.2. The summed E-state index contributed by atoms with van der Waals surface area (Å²) in [4.78, 5) is 3.53. The normalized spacial score (nSPS) is 10.3. The van der Waals surface area contributed by atoms with Crippen LogP contribution in [0.15, 0.2) is 63.2 Å². The van der Waals surface area contributed by atoms with E-state index in [0.717, 1.165) is 4.90 Å². The van der Waals surface area contributed by atoms with E-state index in [1.165, 1.54) is 15.4 Å². The molecule has 15 heavy (non-hydrogen) atoms. The van der Waals surface area contributed by atoms with Crippen molar-refractivity contribution in [3.8, 4) is 0 Å². The summed E-state index contributed by atoms with van der Waals surface area (Å²) >= 11 is 6.04. The number of aryl methyl sites for hydroxylation is 1. The average molecular weight is 232 g/mol. The Morgan fingerprint density at radius 1 is 0.933 bits per heavy atom. The average Bonchev–Trinajstić information content (AvgIpc) is 2.22. The van der Waals surface area contributed by atoms with E-state index in [4.69, 9.17) is 0 Å². The van der Waals surface area contributed by atoms with Crippen LogP contribution >= 0.6 is 24.4 Å². The van der Waals surface area contributed by atoms with Crippen LogP contribution in [0.3, 0.4) is 0 Å². The van der Waals surface area contributed by atoms with Crippen molar-refractivity contribution >= 4 is 24.4 Å². The second-order valence-electron chi connectivity index (χ2n) is 3.41. The number of hydrogen-bond acceptors (Lipinski definition) is 2. The van der Waals surface area contributed by atoms with Gasteiger partial charge in [0.25, 0.3) is 0 Å². The van der Waals surface area contributed by atoms with Crippen molar-refractivity contribution in [1.29, 1.82) is 0 Å². The maximum absolute atomic E-state index is 4.26. The van der Waals surface area contributed by atoms with Crippen molar-refractivity contribution in [2.24, 2.45) is 0 Å². The van der Waals surface area contributed by atoms with E-state index in [2.05, 4.69) is 56.0 Å². The Hall–Kier alpha value is -0.860. The molecule has 2 heteroatoms. The minimum atomic E-state index is 1.00. The Balaban J connectivity index is 2.18. The molecule has 0 aliphatic rings. The first-order chi connectivity index (χ1) is 7.24. The minimum absolute atomic E-state index is 1.00. The quantitative estimate of drug-likeness (QED) is 0.747. The smallest absolute Gasteiger partial charge is 0.0124 e. The van der Waals surface area contributed by atoms with Gasteiger partial charge in [0.05, 0.1) is 0 Å². The summed E-state index contributed by atoms with van der Waals surface area (Å²) in [5.41, 5.74) is 1.30. The van der Waals surface area contributed by atoms with Crippen molar-refractivity contribution < 1.29 is 0 Å². The SMILES string of the molecule is Cc1cccc(Sc2ccc(S)cc2)c1. The Morgan fingerprint density at radius 3 is 2.33 bits per heavy atom. The Bertz CT molecular complexity index is 446. The summed E-state index contributed by atoms with van der Waals surface area (Å²) in [5.74, 6) is 0. The molecule has 0 aliphatic carbocycles. The molecule has 2 aromatic carbocycles. The molecule has 0 amide bonds. The van der Waals surface area contributed by atoms with E-state index in [0.29, 0.717) is 0 Å². The molecule has 0 unspecified atom stereocenters. The molecule has 0 heterocycles. The molecule has 0 fully saturated rings. The first-order valence-electron chi connectivity index (χ1n) is 4.77. The number of benzene rings is 2. The fraction of sp³-hybridized carbons (Fsp3) is 0.0769. The van der Waals surface area contributed by atoms with Crippen molar-refractivity contribution in [2.75, 3.05) is 0 Å². The lowest BCUT2D eigenvalue weighted by Gasteiger charge is -2.02. The van der Waals surface area contributed by atoms with Crippen molar-refractivity contribution in [3.05, 3.63) is 54.1 Å². The maximum atomic E-state index is 4.26. The van der Waals surface area contributed by atoms with Gasteiger partial charge in [0.15, 0.2) is 0 Å². The van der Waals surface area contributed by atoms with Crippen LogP contribution in [-0.2, 0) is 0 Å². The van der Waals surface area contributed by atoms with E-state index in [1.54, 1.807) is 11.8 Å². The molecule has 0 aromatic heterocycles. The van der Waals surface area contributed by atoms with Gasteiger partial charge in [0.1, 0.15) is 0 Å². The third-order valence-corrected chi connectivity index (χ3v) is 3.36. The lowest BCUT2D eigenvalue weighted by molar-refractivity contribution is 1.32. The van der Waals surface area contributed by atoms with Crippen LogP contribution in [0.4, 0.5) is 0 Å². The zero-order chi connectivity index (χ0) is 10.7. The summed E-state index contributed by atoms with van der Waals surface area (Å²) in [7, 11) is 0. The zero-order valence-electron chi connectivity index (χ0n) is 8.47. The molecule has 2 rings (SSSR count). The standard InChI is InChI=1S/C13H12S2/c1-10-3-2-4-13(9-10)15-12-7-5-11(14)6-8-12/h2-9,14H,1H3. The fourth-order valence-electron chi connectivity index (χ4n) is 1.33. The van der Waals surface area contributed by atoms with Gasteiger partial charge in [-0.15, -0.1) is 12.6 Å². The third-order valence-electron chi connectivity index (χ3n) is 2.06. The Labute approximate surface area is 100 Å². The predicted molar refractivity (Wildman–Crippen MR) is 69.0 cm³/mol. The van der Waals surface area contributed by atoms with E-state index < -0.39 is 0 Å². The number of thiol groups is 1. The van der Waals surface area contributed by atoms with E-state index in [-0.39, 0.29) is 0 Å². The van der Waals surface area contributed by atoms with Gasteiger partial charge in [-0.05, 0) is 43.3 Å². The summed E-state index contributed by atoms with van der Waals surface area (Å²) in [6.07, 6.45) is 0. The molecule has 0 atom stereocenters. The molecule has 0 saturated carbocycles. The van der Waals surface area contributed by atoms with E-state index in [1.807, 2.05) is 12.1 Å². The van der Waals surface area contributed by atoms with Gasteiger partial charge in [-0.25, -0.2) is 0 Å². The molecule has 0 bridgehead atoms. The highest BCUT2D eigenvalue weighted by atomic mass is 32.2. The molecule has 76 valence electrons. The largest absolute Gasteiger partial charge is 0.143 e. The van der Waals surface area contributed by atoms with Crippen molar-refractivity contribution in [2.45, 2.75) is 21.6 Å². The summed E-state index contributed by atoms with van der Waals surface area (Å²) in [6, 6.07) is 16.7. The lowest BCUT2D eigenvalue weighted by Crippen LogP contribution is -1.75. The van der Waals surface area contributed by atoms with Crippen LogP contribution in [0, 0.1) is 6.92 Å². The second-order valence-corrected chi connectivity index (χ2v) is 5.08. The molecule has 0 N–H and O–H groups in total. The van der Waals surface area contributed by atoms with E-state index in [9.17, 15) is 0 Å². The highest BCUT2D eigenvalue weighted by Gasteiger charge is 1.96. The maximum Gasteiger partial charge on any atom is 0.0124 e. The minimum Gasteiger partial charge on any atom is -0.143 e. The van der Waals surface area contributed by atoms with Gasteiger partial charge in [-0.1, -0.05) is 29.5 Å². The number of hydrogen-bond donors (Lipinski definition) is 1. The Kier molecular flexibility index (Phi) is 3.39. The van der Waals surface area contributed by atoms with Gasteiger partial charge in [-0.3, -0.25) is 0 Å². The first kappa shape index (κ1) is 10.7. The van der Waals surface area contributed by atoms with Crippen LogP contribution in [-0.4, -0.2) is 0 Å². The van der Waals surface area contributed by atoms with Gasteiger partial charge in [0, 0.05) is 14.7 Å². The second kappa shape index (κ2) is 4.77. The predicted octanol–water partition coefficient (Wildman–Crippen LogP) is 4.43. The van der Waals surface area contributed by atoms with Crippen LogP contribution in [0.1, 0.15) is 5.56 Å². The van der Waals surface area contributed by atoms with Gasteiger partial charge in [0.2, 0.25) is 0 Å². The molecular weight excluding hydrogens is 220 g/mol. The molecule has 0 saturated heterocycles. The monoisotopic (exact) mass is 232 g/mol. The molecule has 2 aromatic rings. The third kappa shape index (κ3) is 3.05. The summed E-state index contributed by atoms with van der Waals surface area (Å²) in [5, 5.41) is 0. The van der Waals surface area contributed by atoms with Gasteiger partial charge < -0.3 is 0 Å². The van der Waals surface area contributed by atoms with Crippen molar-refractivity contribution in [1.82, 2.24) is 0 Å². The Morgan fingerprint density at radius 2 is 1.67 bits per heavy atom. The summed E-state index contributed by atoms with van der Waals surface area (Å²) in [6.45, 7) is 2.11. The van der Waals surface area contributed by atoms with Crippen molar-refractivity contribution in [3.63, 3.8) is 0 Å². The van der Waals surface area contributed by atoms with Gasteiger partial charge in [-0.2, -0.15) is 0 Å². The number of rotatable bonds is 2. The van der Waals surface area contributed by atoms with Crippen LogP contribution in [0.5, 0.6) is 0 Å². The van der Waals surface area contributed by atoms with Gasteiger partial charge >= 0.3 is 0 Å². The molecule has 0 nitrogen and oxygen atoms in total. The molecule has 0 aliphatic heterocycles. The molecule has 0 radical (unpaired) electrons. The van der Waals surface area contributed by atoms with Crippen LogP contribution < -0.4 is 0 Å². The van der Waals surface area contributed by atoms with Crippen LogP contribution in [0.25, 0.3) is 0 Å². The summed E-state index contributed by atoms with van der Waals surface area (Å²) < 4.78 is 0. The molecule has 0 spiro atoms. The van der Waals surface area contributed by atoms with Crippen LogP contribution in [0.2, 0.25) is 0 Å². The molecular formula is C13H12S2. The highest BCUT2D eigenvalue weighted by Crippen LogP contribution is 2.28. The van der Waals surface area contributed by atoms with E-state index >= 15 is 0 Å². The first-order valence-corrected chi connectivity index (χ1v) is 6.04.